The van der Waals surface area contributed by atoms with Gasteiger partial charge in [-0.3, -0.25) is 5.43 Å². The molecule has 0 unspecified atom stereocenters. The Morgan fingerprint density at radius 1 is 1.19 bits per heavy atom. The summed E-state index contributed by atoms with van der Waals surface area (Å²) in [7, 11) is 0. The lowest BCUT2D eigenvalue weighted by molar-refractivity contribution is 1.22. The molecule has 0 saturated carbocycles. The molecule has 0 radical (unpaired) electrons. The number of hydrogen-bond acceptors (Lipinski definition) is 4. The monoisotopic (exact) mass is 402 g/mol. The lowest BCUT2D eigenvalue weighted by Gasteiger charge is -2.06. The Balaban J connectivity index is 2.21. The van der Waals surface area contributed by atoms with E-state index in [0.29, 0.717) is 0 Å². The number of nitrogens with zero attached hydrogens (tertiary/aromatic N) is 3. The summed E-state index contributed by atoms with van der Waals surface area (Å²) >= 11 is 21.1. The van der Waals surface area contributed by atoms with Crippen LogP contribution in [0.3, 0.4) is 0 Å². The molecule has 0 amide bonds. The molecular weight excluding hydrogens is 398 g/mol. The standard InChI is InChI=1S/C13H6BrCl3N4/c14-8-3-1-7(2-4-8)6-19-21-13-11(16)10(15)9(5-18)12(17)20-13/h1-4,6H,(H,20,21)/b19-6+. The van der Waals surface area contributed by atoms with E-state index in [4.69, 9.17) is 40.1 Å². The Morgan fingerprint density at radius 2 is 1.86 bits per heavy atom. The van der Waals surface area contributed by atoms with Crippen molar-refractivity contribution in [1.82, 2.24) is 4.98 Å². The summed E-state index contributed by atoms with van der Waals surface area (Å²) in [6.07, 6.45) is 1.59. The molecule has 8 heteroatoms. The van der Waals surface area contributed by atoms with Crippen molar-refractivity contribution in [3.05, 3.63) is 55.1 Å². The Hall–Kier alpha value is -1.32. The minimum atomic E-state index is -0.0340. The van der Waals surface area contributed by atoms with Gasteiger partial charge in [-0.2, -0.15) is 10.4 Å². The van der Waals surface area contributed by atoms with Gasteiger partial charge in [0.05, 0.1) is 11.2 Å². The maximum atomic E-state index is 8.89. The first kappa shape index (κ1) is 16.1. The van der Waals surface area contributed by atoms with Crippen molar-refractivity contribution in [3.8, 4) is 6.07 Å². The number of benzene rings is 1. The number of rotatable bonds is 3. The Kier molecular flexibility index (Phi) is 5.43. The van der Waals surface area contributed by atoms with Gasteiger partial charge in [0.1, 0.15) is 16.7 Å². The van der Waals surface area contributed by atoms with E-state index in [1.807, 2.05) is 30.3 Å². The predicted octanol–water partition coefficient (Wildman–Crippen LogP) is 5.12. The average Bonchev–Trinajstić information content (AvgIpc) is 2.47. The third-order valence-corrected chi connectivity index (χ3v) is 4.05. The fourth-order valence-corrected chi connectivity index (χ4v) is 2.33. The third-order valence-electron chi connectivity index (χ3n) is 2.40. The number of nitriles is 1. The Labute approximate surface area is 144 Å². The van der Waals surface area contributed by atoms with Gasteiger partial charge in [0.2, 0.25) is 0 Å². The normalized spacial score (nSPS) is 10.6. The number of hydrogen-bond donors (Lipinski definition) is 1. The van der Waals surface area contributed by atoms with Crippen molar-refractivity contribution in [3.63, 3.8) is 0 Å². The van der Waals surface area contributed by atoms with Crippen LogP contribution in [0.5, 0.6) is 0 Å². The minimum Gasteiger partial charge on any atom is -0.260 e. The van der Waals surface area contributed by atoms with Crippen LogP contribution in [0, 0.1) is 11.3 Å². The molecular formula is C13H6BrCl3N4. The molecule has 4 nitrogen and oxygen atoms in total. The fraction of sp³-hybridized carbons (Fsp3) is 0. The quantitative estimate of drug-likeness (QED) is 0.439. The fourth-order valence-electron chi connectivity index (χ4n) is 1.39. The molecule has 106 valence electrons. The van der Waals surface area contributed by atoms with Crippen LogP contribution >= 0.6 is 50.7 Å². The summed E-state index contributed by atoms with van der Waals surface area (Å²) in [5.41, 5.74) is 3.56. The molecule has 0 aliphatic rings. The highest BCUT2D eigenvalue weighted by Gasteiger charge is 2.15. The molecule has 2 rings (SSSR count). The van der Waals surface area contributed by atoms with Gasteiger partial charge in [-0.05, 0) is 17.7 Å². The molecule has 21 heavy (non-hydrogen) atoms. The van der Waals surface area contributed by atoms with Crippen molar-refractivity contribution in [2.45, 2.75) is 0 Å². The number of hydrazone groups is 1. The highest BCUT2D eigenvalue weighted by molar-refractivity contribution is 9.10. The summed E-state index contributed by atoms with van der Waals surface area (Å²) in [6, 6.07) is 9.38. The van der Waals surface area contributed by atoms with Crippen molar-refractivity contribution in [1.29, 1.82) is 5.26 Å². The zero-order chi connectivity index (χ0) is 15.4. The molecule has 0 aliphatic carbocycles. The van der Waals surface area contributed by atoms with Crippen LogP contribution in [0.4, 0.5) is 5.82 Å². The largest absolute Gasteiger partial charge is 0.260 e. The van der Waals surface area contributed by atoms with Crippen molar-refractivity contribution in [2.24, 2.45) is 5.10 Å². The number of nitrogens with one attached hydrogen (secondary N) is 1. The van der Waals surface area contributed by atoms with Crippen molar-refractivity contribution in [2.75, 3.05) is 5.43 Å². The lowest BCUT2D eigenvalue weighted by Crippen LogP contribution is -1.97. The van der Waals surface area contributed by atoms with E-state index in [2.05, 4.69) is 31.4 Å². The SMILES string of the molecule is N#Cc1c(Cl)nc(N/N=C/c2ccc(Br)cc2)c(Cl)c1Cl. The van der Waals surface area contributed by atoms with E-state index in [9.17, 15) is 0 Å². The van der Waals surface area contributed by atoms with Gasteiger partial charge in [0.25, 0.3) is 0 Å². The molecule has 0 atom stereocenters. The second kappa shape index (κ2) is 7.10. The van der Waals surface area contributed by atoms with Crippen LogP contribution in [0.2, 0.25) is 15.2 Å². The van der Waals surface area contributed by atoms with Crippen LogP contribution < -0.4 is 5.43 Å². The highest BCUT2D eigenvalue weighted by atomic mass is 79.9. The summed E-state index contributed by atoms with van der Waals surface area (Å²) in [6.45, 7) is 0. The van der Waals surface area contributed by atoms with Crippen LogP contribution in [-0.4, -0.2) is 11.2 Å². The second-order valence-electron chi connectivity index (χ2n) is 3.79. The molecule has 0 spiro atoms. The van der Waals surface area contributed by atoms with Crippen LogP contribution in [0.25, 0.3) is 0 Å². The molecule has 1 heterocycles. The molecule has 0 aliphatic heterocycles. The maximum absolute atomic E-state index is 8.89. The van der Waals surface area contributed by atoms with Gasteiger partial charge in [0, 0.05) is 4.47 Å². The molecule has 1 aromatic carbocycles. The number of aromatic nitrogens is 1. The first-order valence-corrected chi connectivity index (χ1v) is 7.45. The molecule has 1 N–H and O–H groups in total. The minimum absolute atomic E-state index is 0.0331. The Morgan fingerprint density at radius 3 is 2.48 bits per heavy atom. The summed E-state index contributed by atoms with van der Waals surface area (Å²) < 4.78 is 0.975. The summed E-state index contributed by atoms with van der Waals surface area (Å²) in [4.78, 5) is 3.94. The maximum Gasteiger partial charge on any atom is 0.168 e. The second-order valence-corrected chi connectivity index (χ2v) is 5.82. The lowest BCUT2D eigenvalue weighted by atomic mass is 10.2. The van der Waals surface area contributed by atoms with E-state index in [1.54, 1.807) is 6.21 Å². The third kappa shape index (κ3) is 3.86. The van der Waals surface area contributed by atoms with E-state index >= 15 is 0 Å². The molecule has 1 aromatic heterocycles. The smallest absolute Gasteiger partial charge is 0.168 e. The van der Waals surface area contributed by atoms with Gasteiger partial charge < -0.3 is 0 Å². The van der Waals surface area contributed by atoms with Gasteiger partial charge in [-0.25, -0.2) is 4.98 Å². The van der Waals surface area contributed by atoms with E-state index in [0.717, 1.165) is 10.0 Å². The Bertz CT molecular complexity index is 739. The molecule has 0 fully saturated rings. The van der Waals surface area contributed by atoms with Gasteiger partial charge in [0.15, 0.2) is 11.0 Å². The van der Waals surface area contributed by atoms with Crippen LogP contribution in [0.1, 0.15) is 11.1 Å². The molecule has 0 saturated heterocycles. The predicted molar refractivity (Wildman–Crippen MR) is 89.3 cm³/mol. The molecule has 2 aromatic rings. The molecule has 0 bridgehead atoms. The number of halogens is 4. The zero-order valence-corrected chi connectivity index (χ0v) is 14.1. The topological polar surface area (TPSA) is 61.1 Å². The number of anilines is 1. The van der Waals surface area contributed by atoms with Crippen molar-refractivity contribution < 1.29 is 0 Å². The zero-order valence-electron chi connectivity index (χ0n) is 10.2. The van der Waals surface area contributed by atoms with E-state index in [1.165, 1.54) is 0 Å². The van der Waals surface area contributed by atoms with Gasteiger partial charge in [-0.1, -0.05) is 62.9 Å². The average molecular weight is 404 g/mol. The summed E-state index contributed by atoms with van der Waals surface area (Å²) in [5.74, 6) is 0.180. The number of pyridine rings is 1. The summed E-state index contributed by atoms with van der Waals surface area (Å²) in [5, 5.41) is 13.0. The van der Waals surface area contributed by atoms with E-state index in [-0.39, 0.29) is 26.6 Å². The van der Waals surface area contributed by atoms with Crippen LogP contribution in [0.15, 0.2) is 33.8 Å². The van der Waals surface area contributed by atoms with Gasteiger partial charge >= 0.3 is 0 Å². The van der Waals surface area contributed by atoms with Gasteiger partial charge in [-0.15, -0.1) is 0 Å². The van der Waals surface area contributed by atoms with Crippen LogP contribution in [-0.2, 0) is 0 Å². The first-order valence-electron chi connectivity index (χ1n) is 5.52. The van der Waals surface area contributed by atoms with E-state index < -0.39 is 0 Å². The first-order chi connectivity index (χ1) is 10.0. The highest BCUT2D eigenvalue weighted by Crippen LogP contribution is 2.34. The van der Waals surface area contributed by atoms with Crippen molar-refractivity contribution >= 4 is 62.8 Å².